The predicted molar refractivity (Wildman–Crippen MR) is 76.1 cm³/mol. The SMILES string of the molecule is CCc1noc(CN(C)CC(O)c2ccc(C#N)cc2)n1. The third-order valence-electron chi connectivity index (χ3n) is 3.14. The molecule has 6 nitrogen and oxygen atoms in total. The molecule has 1 unspecified atom stereocenters. The minimum atomic E-state index is -0.628. The molecule has 0 amide bonds. The van der Waals surface area contributed by atoms with E-state index >= 15 is 0 Å². The van der Waals surface area contributed by atoms with E-state index in [4.69, 9.17) is 9.78 Å². The number of nitrogens with zero attached hydrogens (tertiary/aromatic N) is 4. The number of aromatic nitrogens is 2. The fraction of sp³-hybridized carbons (Fsp3) is 0.400. The van der Waals surface area contributed by atoms with Crippen molar-refractivity contribution < 1.29 is 9.63 Å². The summed E-state index contributed by atoms with van der Waals surface area (Å²) in [6, 6.07) is 8.98. The highest BCUT2D eigenvalue weighted by Crippen LogP contribution is 2.15. The molecule has 110 valence electrons. The molecule has 0 aliphatic carbocycles. The monoisotopic (exact) mass is 286 g/mol. The third kappa shape index (κ3) is 4.12. The van der Waals surface area contributed by atoms with Crippen LogP contribution in [0.3, 0.4) is 0 Å². The molecule has 1 heterocycles. The van der Waals surface area contributed by atoms with Gasteiger partial charge in [-0.25, -0.2) is 0 Å². The van der Waals surface area contributed by atoms with E-state index in [1.54, 1.807) is 24.3 Å². The molecule has 0 saturated carbocycles. The van der Waals surface area contributed by atoms with Crippen LogP contribution in [0.25, 0.3) is 0 Å². The number of aliphatic hydroxyl groups excluding tert-OH is 1. The highest BCUT2D eigenvalue weighted by Gasteiger charge is 2.13. The first-order valence-electron chi connectivity index (χ1n) is 6.80. The number of aliphatic hydroxyl groups is 1. The summed E-state index contributed by atoms with van der Waals surface area (Å²) < 4.78 is 5.12. The fourth-order valence-corrected chi connectivity index (χ4v) is 1.97. The lowest BCUT2D eigenvalue weighted by Gasteiger charge is -2.19. The Balaban J connectivity index is 1.91. The molecular formula is C15H18N4O2. The first kappa shape index (κ1) is 15.2. The molecule has 21 heavy (non-hydrogen) atoms. The lowest BCUT2D eigenvalue weighted by molar-refractivity contribution is 0.118. The van der Waals surface area contributed by atoms with Crippen LogP contribution in [-0.2, 0) is 13.0 Å². The third-order valence-corrected chi connectivity index (χ3v) is 3.14. The molecule has 0 fully saturated rings. The molecule has 1 aromatic carbocycles. The van der Waals surface area contributed by atoms with E-state index in [0.717, 1.165) is 12.0 Å². The van der Waals surface area contributed by atoms with Gasteiger partial charge in [-0.2, -0.15) is 10.2 Å². The lowest BCUT2D eigenvalue weighted by Crippen LogP contribution is -2.24. The molecule has 0 aliphatic heterocycles. The minimum absolute atomic E-state index is 0.440. The van der Waals surface area contributed by atoms with Crippen LogP contribution in [0, 0.1) is 11.3 Å². The summed E-state index contributed by atoms with van der Waals surface area (Å²) in [6.07, 6.45) is 0.109. The standard InChI is InChI=1S/C15H18N4O2/c1-3-14-17-15(21-18-14)10-19(2)9-13(20)12-6-4-11(8-16)5-7-12/h4-7,13,20H,3,9-10H2,1-2H3. The number of aryl methyl sites for hydroxylation is 1. The van der Waals surface area contributed by atoms with E-state index in [1.807, 2.05) is 18.9 Å². The predicted octanol–water partition coefficient (Wildman–Crippen LogP) is 1.67. The number of likely N-dealkylation sites (N-methyl/N-ethyl adjacent to an activating group) is 1. The van der Waals surface area contributed by atoms with E-state index < -0.39 is 6.10 Å². The normalized spacial score (nSPS) is 12.3. The Morgan fingerprint density at radius 2 is 2.10 bits per heavy atom. The summed E-state index contributed by atoms with van der Waals surface area (Å²) in [5.74, 6) is 1.23. The quantitative estimate of drug-likeness (QED) is 0.869. The molecule has 2 aromatic rings. The van der Waals surface area contributed by atoms with Crippen LogP contribution in [0.15, 0.2) is 28.8 Å². The van der Waals surface area contributed by atoms with Gasteiger partial charge in [0.1, 0.15) is 0 Å². The number of hydrogen-bond acceptors (Lipinski definition) is 6. The molecule has 6 heteroatoms. The first-order valence-corrected chi connectivity index (χ1v) is 6.80. The van der Waals surface area contributed by atoms with Crippen molar-refractivity contribution in [3.05, 3.63) is 47.1 Å². The molecule has 2 rings (SSSR count). The molecule has 0 spiro atoms. The molecule has 1 aromatic heterocycles. The second-order valence-electron chi connectivity index (χ2n) is 4.90. The van der Waals surface area contributed by atoms with Crippen molar-refractivity contribution in [1.29, 1.82) is 5.26 Å². The number of hydrogen-bond donors (Lipinski definition) is 1. The average molecular weight is 286 g/mol. The van der Waals surface area contributed by atoms with Gasteiger partial charge in [-0.15, -0.1) is 0 Å². The van der Waals surface area contributed by atoms with Gasteiger partial charge in [-0.1, -0.05) is 24.2 Å². The van der Waals surface area contributed by atoms with Gasteiger partial charge >= 0.3 is 0 Å². The van der Waals surface area contributed by atoms with Crippen LogP contribution in [0.5, 0.6) is 0 Å². The molecule has 0 bridgehead atoms. The number of rotatable bonds is 6. The van der Waals surface area contributed by atoms with Gasteiger partial charge in [-0.3, -0.25) is 4.90 Å². The Bertz CT molecular complexity index is 615. The van der Waals surface area contributed by atoms with Crippen molar-refractivity contribution in [2.75, 3.05) is 13.6 Å². The average Bonchev–Trinajstić information content (AvgIpc) is 2.94. The van der Waals surface area contributed by atoms with Crippen molar-refractivity contribution in [3.8, 4) is 6.07 Å². The van der Waals surface area contributed by atoms with Crippen LogP contribution in [0.4, 0.5) is 0 Å². The van der Waals surface area contributed by atoms with Gasteiger partial charge in [-0.05, 0) is 24.7 Å². The van der Waals surface area contributed by atoms with Crippen molar-refractivity contribution in [1.82, 2.24) is 15.0 Å². The van der Waals surface area contributed by atoms with Crippen molar-refractivity contribution in [2.24, 2.45) is 0 Å². The zero-order valence-electron chi connectivity index (χ0n) is 12.2. The molecule has 0 saturated heterocycles. The first-order chi connectivity index (χ1) is 10.1. The summed E-state index contributed by atoms with van der Waals surface area (Å²) in [7, 11) is 1.88. The summed E-state index contributed by atoms with van der Waals surface area (Å²) in [5.41, 5.74) is 1.36. The summed E-state index contributed by atoms with van der Waals surface area (Å²) in [4.78, 5) is 6.15. The largest absolute Gasteiger partial charge is 0.387 e. The van der Waals surface area contributed by atoms with Crippen LogP contribution < -0.4 is 0 Å². The molecule has 1 N–H and O–H groups in total. The van der Waals surface area contributed by atoms with Gasteiger partial charge < -0.3 is 9.63 Å². The van der Waals surface area contributed by atoms with Crippen molar-refractivity contribution in [3.63, 3.8) is 0 Å². The zero-order valence-corrected chi connectivity index (χ0v) is 12.2. The summed E-state index contributed by atoms with van der Waals surface area (Å²) >= 11 is 0. The zero-order chi connectivity index (χ0) is 15.2. The Kier molecular flexibility index (Phi) is 5.04. The maximum atomic E-state index is 10.2. The second kappa shape index (κ2) is 6.97. The van der Waals surface area contributed by atoms with Crippen LogP contribution >= 0.6 is 0 Å². The molecule has 1 atom stereocenters. The molecule has 0 radical (unpaired) electrons. The van der Waals surface area contributed by atoms with Crippen molar-refractivity contribution >= 4 is 0 Å². The van der Waals surface area contributed by atoms with E-state index in [9.17, 15) is 5.11 Å². The number of benzene rings is 1. The minimum Gasteiger partial charge on any atom is -0.387 e. The summed E-state index contributed by atoms with van der Waals surface area (Å²) in [5, 5.41) is 22.8. The topological polar surface area (TPSA) is 86.2 Å². The van der Waals surface area contributed by atoms with Crippen molar-refractivity contribution in [2.45, 2.75) is 26.0 Å². The van der Waals surface area contributed by atoms with E-state index in [1.165, 1.54) is 0 Å². The van der Waals surface area contributed by atoms with Crippen LogP contribution in [0.2, 0.25) is 0 Å². The highest BCUT2D eigenvalue weighted by atomic mass is 16.5. The maximum absolute atomic E-state index is 10.2. The Morgan fingerprint density at radius 1 is 1.38 bits per heavy atom. The van der Waals surface area contributed by atoms with Gasteiger partial charge in [0, 0.05) is 13.0 Å². The maximum Gasteiger partial charge on any atom is 0.240 e. The Hall–Kier alpha value is -2.23. The molecular weight excluding hydrogens is 268 g/mol. The van der Waals surface area contributed by atoms with Gasteiger partial charge in [0.15, 0.2) is 5.82 Å². The van der Waals surface area contributed by atoms with E-state index in [0.29, 0.717) is 30.4 Å². The lowest BCUT2D eigenvalue weighted by atomic mass is 10.1. The van der Waals surface area contributed by atoms with Gasteiger partial charge in [0.05, 0.1) is 24.3 Å². The smallest absolute Gasteiger partial charge is 0.240 e. The van der Waals surface area contributed by atoms with Gasteiger partial charge in [0.2, 0.25) is 5.89 Å². The van der Waals surface area contributed by atoms with Crippen LogP contribution in [-0.4, -0.2) is 33.7 Å². The second-order valence-corrected chi connectivity index (χ2v) is 4.90. The Labute approximate surface area is 123 Å². The van der Waals surface area contributed by atoms with E-state index in [2.05, 4.69) is 16.2 Å². The van der Waals surface area contributed by atoms with E-state index in [-0.39, 0.29) is 0 Å². The van der Waals surface area contributed by atoms with Crippen LogP contribution in [0.1, 0.15) is 35.9 Å². The molecule has 0 aliphatic rings. The Morgan fingerprint density at radius 3 is 2.67 bits per heavy atom. The van der Waals surface area contributed by atoms with Gasteiger partial charge in [0.25, 0.3) is 0 Å². The summed E-state index contributed by atoms with van der Waals surface area (Å²) in [6.45, 7) is 2.89. The fourth-order valence-electron chi connectivity index (χ4n) is 1.97. The highest BCUT2D eigenvalue weighted by molar-refractivity contribution is 5.32. The number of nitriles is 1.